The SMILES string of the molecule is C=CC(=O)N(C#N)C(=N)N. The van der Waals surface area contributed by atoms with Crippen molar-refractivity contribution in [3.63, 3.8) is 0 Å². The van der Waals surface area contributed by atoms with E-state index < -0.39 is 11.9 Å². The van der Waals surface area contributed by atoms with Crippen molar-refractivity contribution >= 4 is 11.9 Å². The Morgan fingerprint density at radius 3 is 2.50 bits per heavy atom. The number of carbonyl (C=O) groups excluding carboxylic acids is 1. The molecule has 0 aliphatic rings. The highest BCUT2D eigenvalue weighted by molar-refractivity contribution is 6.01. The number of carbonyl (C=O) groups is 1. The number of nitrogens with two attached hydrogens (primary N) is 1. The molecule has 0 aromatic carbocycles. The minimum absolute atomic E-state index is 0.424. The third-order valence-corrected chi connectivity index (χ3v) is 0.736. The zero-order valence-corrected chi connectivity index (χ0v) is 5.16. The lowest BCUT2D eigenvalue weighted by molar-refractivity contribution is -0.120. The minimum atomic E-state index is -0.699. The van der Waals surface area contributed by atoms with Crippen molar-refractivity contribution < 1.29 is 4.79 Å². The van der Waals surface area contributed by atoms with Gasteiger partial charge in [-0.05, 0) is 6.08 Å². The van der Waals surface area contributed by atoms with Crippen molar-refractivity contribution in [1.29, 1.82) is 10.7 Å². The number of hydrogen-bond acceptors (Lipinski definition) is 3. The Bertz CT molecular complexity index is 214. The summed E-state index contributed by atoms with van der Waals surface area (Å²) >= 11 is 0. The van der Waals surface area contributed by atoms with Gasteiger partial charge in [0.2, 0.25) is 5.96 Å². The molecule has 0 saturated heterocycles. The van der Waals surface area contributed by atoms with Crippen molar-refractivity contribution in [1.82, 2.24) is 4.90 Å². The van der Waals surface area contributed by atoms with Gasteiger partial charge in [0, 0.05) is 0 Å². The maximum absolute atomic E-state index is 10.5. The van der Waals surface area contributed by atoms with E-state index in [1.54, 1.807) is 0 Å². The first kappa shape index (κ1) is 8.17. The molecule has 0 unspecified atom stereocenters. The lowest BCUT2D eigenvalue weighted by Crippen LogP contribution is -2.36. The summed E-state index contributed by atoms with van der Waals surface area (Å²) in [6.45, 7) is 3.12. The summed E-state index contributed by atoms with van der Waals surface area (Å²) in [7, 11) is 0. The van der Waals surface area contributed by atoms with E-state index >= 15 is 0 Å². The molecule has 5 heteroatoms. The molecule has 0 aromatic rings. The summed E-state index contributed by atoms with van der Waals surface area (Å²) in [4.78, 5) is 11.0. The lowest BCUT2D eigenvalue weighted by Gasteiger charge is -2.05. The molecule has 0 bridgehead atoms. The first-order valence-corrected chi connectivity index (χ1v) is 2.33. The standard InChI is InChI=1S/C5H6N4O/c1-2-4(10)9(3-6)5(7)8/h2H,1H2,(H3,7,8). The zero-order valence-electron chi connectivity index (χ0n) is 5.16. The highest BCUT2D eigenvalue weighted by Crippen LogP contribution is 1.84. The van der Waals surface area contributed by atoms with Gasteiger partial charge >= 0.3 is 0 Å². The number of nitrogens with one attached hydrogen (secondary N) is 1. The predicted octanol–water partition coefficient (Wildman–Crippen LogP) is -0.624. The Kier molecular flexibility index (Phi) is 2.65. The largest absolute Gasteiger partial charge is 0.369 e. The molecule has 0 aliphatic heterocycles. The van der Waals surface area contributed by atoms with Gasteiger partial charge in [-0.25, -0.2) is 0 Å². The fourth-order valence-electron chi connectivity index (χ4n) is 0.313. The molecule has 3 N–H and O–H groups in total. The normalized spacial score (nSPS) is 7.50. The van der Waals surface area contributed by atoms with Crippen LogP contribution in [0, 0.1) is 16.9 Å². The fourth-order valence-corrected chi connectivity index (χ4v) is 0.313. The summed E-state index contributed by atoms with van der Waals surface area (Å²) < 4.78 is 0. The molecule has 0 spiro atoms. The Hall–Kier alpha value is -1.83. The molecule has 0 aromatic heterocycles. The zero-order chi connectivity index (χ0) is 8.15. The van der Waals surface area contributed by atoms with Crippen molar-refractivity contribution in [2.75, 3.05) is 0 Å². The van der Waals surface area contributed by atoms with Crippen LogP contribution in [0.15, 0.2) is 12.7 Å². The molecule has 0 rings (SSSR count). The van der Waals surface area contributed by atoms with Crippen LogP contribution >= 0.6 is 0 Å². The summed E-state index contributed by atoms with van der Waals surface area (Å²) in [5, 5.41) is 14.9. The van der Waals surface area contributed by atoms with Gasteiger partial charge in [-0.1, -0.05) is 6.58 Å². The number of nitrogens with zero attached hydrogens (tertiary/aromatic N) is 2. The van der Waals surface area contributed by atoms with Gasteiger partial charge in [0.05, 0.1) is 0 Å². The van der Waals surface area contributed by atoms with Crippen molar-refractivity contribution in [2.24, 2.45) is 5.73 Å². The topological polar surface area (TPSA) is 94.0 Å². The summed E-state index contributed by atoms with van der Waals surface area (Å²) in [5.41, 5.74) is 4.84. The van der Waals surface area contributed by atoms with Gasteiger partial charge in [0.25, 0.3) is 5.91 Å². The summed E-state index contributed by atoms with van der Waals surface area (Å²) in [5.74, 6) is -1.30. The molecule has 1 amide bonds. The average Bonchev–Trinajstić information content (AvgIpc) is 1.88. The highest BCUT2D eigenvalue weighted by Gasteiger charge is 2.10. The second kappa shape index (κ2) is 3.25. The molecule has 0 aliphatic carbocycles. The van der Waals surface area contributed by atoms with E-state index in [9.17, 15) is 4.79 Å². The van der Waals surface area contributed by atoms with Gasteiger partial charge in [0.1, 0.15) is 0 Å². The average molecular weight is 138 g/mol. The Morgan fingerprint density at radius 1 is 1.90 bits per heavy atom. The first-order valence-electron chi connectivity index (χ1n) is 2.33. The maximum Gasteiger partial charge on any atom is 0.266 e. The predicted molar refractivity (Wildman–Crippen MR) is 34.6 cm³/mol. The Balaban J connectivity index is 4.40. The lowest BCUT2D eigenvalue weighted by atomic mass is 10.5. The van der Waals surface area contributed by atoms with E-state index in [0.717, 1.165) is 6.08 Å². The molecule has 0 saturated carbocycles. The van der Waals surface area contributed by atoms with E-state index in [1.165, 1.54) is 6.19 Å². The molecule has 10 heavy (non-hydrogen) atoms. The smallest absolute Gasteiger partial charge is 0.266 e. The highest BCUT2D eigenvalue weighted by atomic mass is 16.2. The van der Waals surface area contributed by atoms with E-state index in [-0.39, 0.29) is 0 Å². The summed E-state index contributed by atoms with van der Waals surface area (Å²) in [6, 6.07) is 0. The van der Waals surface area contributed by atoms with Gasteiger partial charge < -0.3 is 5.73 Å². The van der Waals surface area contributed by atoms with Crippen molar-refractivity contribution in [3.8, 4) is 6.19 Å². The number of guanidine groups is 1. The van der Waals surface area contributed by atoms with Gasteiger partial charge in [-0.3, -0.25) is 10.2 Å². The van der Waals surface area contributed by atoms with Crippen LogP contribution in [0.2, 0.25) is 0 Å². The van der Waals surface area contributed by atoms with Crippen LogP contribution in [0.3, 0.4) is 0 Å². The monoisotopic (exact) mass is 138 g/mol. The van der Waals surface area contributed by atoms with Crippen LogP contribution in [0.1, 0.15) is 0 Å². The summed E-state index contributed by atoms with van der Waals surface area (Å²) in [6.07, 6.45) is 2.32. The Labute approximate surface area is 57.8 Å². The number of nitriles is 1. The molecular weight excluding hydrogens is 132 g/mol. The number of amides is 1. The molecule has 52 valence electrons. The number of rotatable bonds is 1. The van der Waals surface area contributed by atoms with E-state index in [4.69, 9.17) is 16.4 Å². The molecule has 0 radical (unpaired) electrons. The molecule has 0 heterocycles. The number of hydrogen-bond donors (Lipinski definition) is 2. The molecule has 0 fully saturated rings. The van der Waals surface area contributed by atoms with E-state index in [2.05, 4.69) is 6.58 Å². The van der Waals surface area contributed by atoms with Gasteiger partial charge in [-0.15, -0.1) is 0 Å². The van der Waals surface area contributed by atoms with E-state index in [0.29, 0.717) is 4.90 Å². The van der Waals surface area contributed by atoms with Crippen molar-refractivity contribution in [3.05, 3.63) is 12.7 Å². The molecule has 0 atom stereocenters. The quantitative estimate of drug-likeness (QED) is 0.166. The minimum Gasteiger partial charge on any atom is -0.369 e. The van der Waals surface area contributed by atoms with Crippen LogP contribution in [0.4, 0.5) is 0 Å². The van der Waals surface area contributed by atoms with Gasteiger partial charge in [-0.2, -0.15) is 10.2 Å². The maximum atomic E-state index is 10.5. The van der Waals surface area contributed by atoms with Crippen LogP contribution in [0.5, 0.6) is 0 Å². The first-order chi connectivity index (χ1) is 4.63. The fraction of sp³-hybridized carbons (Fsp3) is 0. The third-order valence-electron chi connectivity index (χ3n) is 0.736. The second-order valence-corrected chi connectivity index (χ2v) is 1.36. The second-order valence-electron chi connectivity index (χ2n) is 1.36. The van der Waals surface area contributed by atoms with Crippen LogP contribution in [0.25, 0.3) is 0 Å². The van der Waals surface area contributed by atoms with Crippen LogP contribution in [-0.4, -0.2) is 16.8 Å². The third kappa shape index (κ3) is 1.59. The van der Waals surface area contributed by atoms with Crippen molar-refractivity contribution in [2.45, 2.75) is 0 Å². The Morgan fingerprint density at radius 2 is 2.40 bits per heavy atom. The van der Waals surface area contributed by atoms with Gasteiger partial charge in [0.15, 0.2) is 6.19 Å². The van der Waals surface area contributed by atoms with Crippen LogP contribution in [-0.2, 0) is 4.79 Å². The molecule has 5 nitrogen and oxygen atoms in total. The van der Waals surface area contributed by atoms with Crippen LogP contribution < -0.4 is 5.73 Å². The molecular formula is C5H6N4O. The van der Waals surface area contributed by atoms with E-state index in [1.807, 2.05) is 0 Å².